The van der Waals surface area contributed by atoms with Crippen LogP contribution in [0.1, 0.15) is 22.3 Å². The van der Waals surface area contributed by atoms with Gasteiger partial charge in [-0.15, -0.1) is 10.2 Å². The molecule has 0 bridgehead atoms. The lowest BCUT2D eigenvalue weighted by Crippen LogP contribution is -2.28. The highest BCUT2D eigenvalue weighted by molar-refractivity contribution is 5.92. The van der Waals surface area contributed by atoms with Gasteiger partial charge < -0.3 is 9.32 Å². The molecule has 2 heterocycles. The smallest absolute Gasteiger partial charge is 0.248 e. The number of benzene rings is 9. The van der Waals surface area contributed by atoms with E-state index in [0.717, 1.165) is 84.0 Å². The second-order valence-corrected chi connectivity index (χ2v) is 16.2. The first-order chi connectivity index (χ1) is 32.2. The largest absolute Gasteiger partial charge is 0.416 e. The third-order valence-electron chi connectivity index (χ3n) is 12.5. The van der Waals surface area contributed by atoms with Crippen molar-refractivity contribution in [3.05, 3.63) is 259 Å². The van der Waals surface area contributed by atoms with Crippen LogP contribution in [0.15, 0.2) is 241 Å². The lowest BCUT2D eigenvalue weighted by atomic mass is 9.67. The molecule has 1 aliphatic rings. The Balaban J connectivity index is 1.03. The van der Waals surface area contributed by atoms with Crippen molar-refractivity contribution in [1.82, 2.24) is 20.2 Å². The number of para-hydroxylation sites is 3. The standard InChI is InChI=1S/C59H39N5O/c1-6-18-40(19-7-1)55-56(61-54-29-17-16-28-53(54)60-55)41-30-33-47(34-31-41)64(46-26-14-5-15-27-46)48-35-37-50-49-36-32-43(58-63-62-57(65-58)42-20-8-2-9-21-42)38-51(49)59(52(50)39-48,44-22-10-3-11-23-44)45-24-12-4-13-25-45/h1-39H. The van der Waals surface area contributed by atoms with E-state index in [9.17, 15) is 0 Å². The number of fused-ring (bicyclic) bond motifs is 4. The average molecular weight is 834 g/mol. The molecule has 0 aliphatic heterocycles. The Morgan fingerprint density at radius 3 is 1.34 bits per heavy atom. The SMILES string of the molecule is c1ccc(-c2nnc(-c3ccc4c(c3)C(c3ccccc3)(c3ccccc3)c3cc(N(c5ccccc5)c5ccc(-c6nc7ccccc7nc6-c6ccccc6)cc5)ccc3-4)o2)cc1. The Morgan fingerprint density at radius 1 is 0.338 bits per heavy atom. The molecule has 0 unspecified atom stereocenters. The van der Waals surface area contributed by atoms with E-state index >= 15 is 0 Å². The predicted octanol–water partition coefficient (Wildman–Crippen LogP) is 14.5. The molecule has 0 saturated carbocycles. The Morgan fingerprint density at radius 2 is 0.754 bits per heavy atom. The van der Waals surface area contributed by atoms with Gasteiger partial charge in [0.25, 0.3) is 0 Å². The van der Waals surface area contributed by atoms with Gasteiger partial charge in [-0.2, -0.15) is 0 Å². The molecule has 0 radical (unpaired) electrons. The van der Waals surface area contributed by atoms with Crippen LogP contribution in [0.3, 0.4) is 0 Å². The van der Waals surface area contributed by atoms with Crippen LogP contribution in [0.5, 0.6) is 0 Å². The van der Waals surface area contributed by atoms with Crippen molar-refractivity contribution in [2.45, 2.75) is 5.41 Å². The normalized spacial score (nSPS) is 12.4. The van der Waals surface area contributed by atoms with E-state index < -0.39 is 5.41 Å². The molecule has 0 amide bonds. The highest BCUT2D eigenvalue weighted by Gasteiger charge is 2.47. The summed E-state index contributed by atoms with van der Waals surface area (Å²) in [6, 6.07) is 82.8. The second kappa shape index (κ2) is 15.9. The monoisotopic (exact) mass is 833 g/mol. The van der Waals surface area contributed by atoms with Crippen molar-refractivity contribution < 1.29 is 4.42 Å². The van der Waals surface area contributed by atoms with Crippen LogP contribution >= 0.6 is 0 Å². The van der Waals surface area contributed by atoms with Crippen molar-refractivity contribution in [2.24, 2.45) is 0 Å². The molecule has 2 aromatic heterocycles. The summed E-state index contributed by atoms with van der Waals surface area (Å²) >= 11 is 0. The average Bonchev–Trinajstić information content (AvgIpc) is 4.00. The summed E-state index contributed by atoms with van der Waals surface area (Å²) in [5, 5.41) is 9.02. The van der Waals surface area contributed by atoms with Gasteiger partial charge in [-0.3, -0.25) is 0 Å². The third-order valence-corrected chi connectivity index (χ3v) is 12.5. The van der Waals surface area contributed by atoms with E-state index in [0.29, 0.717) is 11.8 Å². The van der Waals surface area contributed by atoms with E-state index in [2.05, 4.69) is 179 Å². The van der Waals surface area contributed by atoms with Gasteiger partial charge in [0, 0.05) is 39.3 Å². The molecule has 65 heavy (non-hydrogen) atoms. The maximum absolute atomic E-state index is 6.37. The van der Waals surface area contributed by atoms with E-state index in [-0.39, 0.29) is 0 Å². The number of rotatable bonds is 9. The van der Waals surface area contributed by atoms with E-state index in [1.807, 2.05) is 72.8 Å². The first-order valence-electron chi connectivity index (χ1n) is 21.8. The number of hydrogen-bond donors (Lipinski definition) is 0. The number of hydrogen-bond acceptors (Lipinski definition) is 6. The van der Waals surface area contributed by atoms with Crippen molar-refractivity contribution >= 4 is 28.1 Å². The van der Waals surface area contributed by atoms with Crippen LogP contribution in [0.2, 0.25) is 0 Å². The number of nitrogens with zero attached hydrogens (tertiary/aromatic N) is 5. The summed E-state index contributed by atoms with van der Waals surface area (Å²) < 4.78 is 6.37. The molecule has 0 spiro atoms. The van der Waals surface area contributed by atoms with Crippen LogP contribution in [0, 0.1) is 0 Å². The molecule has 306 valence electrons. The van der Waals surface area contributed by atoms with E-state index in [1.165, 1.54) is 11.1 Å². The van der Waals surface area contributed by atoms with Gasteiger partial charge in [0.2, 0.25) is 11.8 Å². The second-order valence-electron chi connectivity index (χ2n) is 16.2. The Hall–Kier alpha value is -8.74. The molecule has 6 heteroatoms. The zero-order chi connectivity index (χ0) is 43.2. The van der Waals surface area contributed by atoms with Crippen molar-refractivity contribution in [3.63, 3.8) is 0 Å². The fourth-order valence-corrected chi connectivity index (χ4v) is 9.58. The van der Waals surface area contributed by atoms with Gasteiger partial charge in [-0.25, -0.2) is 9.97 Å². The maximum atomic E-state index is 6.37. The summed E-state index contributed by atoms with van der Waals surface area (Å²) in [4.78, 5) is 12.7. The van der Waals surface area contributed by atoms with Gasteiger partial charge in [0.15, 0.2) is 0 Å². The maximum Gasteiger partial charge on any atom is 0.248 e. The van der Waals surface area contributed by atoms with Gasteiger partial charge >= 0.3 is 0 Å². The summed E-state index contributed by atoms with van der Waals surface area (Å²) in [7, 11) is 0. The molecule has 6 nitrogen and oxygen atoms in total. The van der Waals surface area contributed by atoms with E-state index in [4.69, 9.17) is 14.4 Å². The van der Waals surface area contributed by atoms with Crippen LogP contribution in [0.25, 0.3) is 67.6 Å². The van der Waals surface area contributed by atoms with Gasteiger partial charge in [-0.1, -0.05) is 164 Å². The number of anilines is 3. The zero-order valence-corrected chi connectivity index (χ0v) is 35.2. The highest BCUT2D eigenvalue weighted by atomic mass is 16.4. The molecule has 11 aromatic rings. The molecular formula is C59H39N5O. The lowest BCUT2D eigenvalue weighted by molar-refractivity contribution is 0.584. The van der Waals surface area contributed by atoms with E-state index in [1.54, 1.807) is 0 Å². The van der Waals surface area contributed by atoms with Crippen LogP contribution < -0.4 is 4.90 Å². The quantitative estimate of drug-likeness (QED) is 0.144. The van der Waals surface area contributed by atoms with Crippen molar-refractivity contribution in [2.75, 3.05) is 4.90 Å². The molecule has 0 saturated heterocycles. The minimum absolute atomic E-state index is 0.475. The lowest BCUT2D eigenvalue weighted by Gasteiger charge is -2.35. The van der Waals surface area contributed by atoms with Crippen LogP contribution in [-0.4, -0.2) is 20.2 Å². The molecular weight excluding hydrogens is 795 g/mol. The third kappa shape index (κ3) is 6.50. The molecule has 0 atom stereocenters. The minimum Gasteiger partial charge on any atom is -0.416 e. The summed E-state index contributed by atoms with van der Waals surface area (Å²) in [6.45, 7) is 0. The fourth-order valence-electron chi connectivity index (χ4n) is 9.58. The number of aromatic nitrogens is 4. The van der Waals surface area contributed by atoms with Crippen molar-refractivity contribution in [1.29, 1.82) is 0 Å². The topological polar surface area (TPSA) is 67.9 Å². The van der Waals surface area contributed by atoms with Crippen molar-refractivity contribution in [3.8, 4) is 56.6 Å². The Kier molecular flexibility index (Phi) is 9.27. The van der Waals surface area contributed by atoms with Gasteiger partial charge in [0.05, 0.1) is 27.8 Å². The minimum atomic E-state index is -0.684. The van der Waals surface area contributed by atoms with Gasteiger partial charge in [-0.05, 0) is 106 Å². The first-order valence-corrected chi connectivity index (χ1v) is 21.8. The zero-order valence-electron chi connectivity index (χ0n) is 35.2. The fraction of sp³-hybridized carbons (Fsp3) is 0.0169. The van der Waals surface area contributed by atoms with Crippen LogP contribution in [0.4, 0.5) is 17.1 Å². The molecule has 9 aromatic carbocycles. The first kappa shape index (κ1) is 38.0. The van der Waals surface area contributed by atoms with Crippen LogP contribution in [-0.2, 0) is 5.41 Å². The molecule has 1 aliphatic carbocycles. The molecule has 12 rings (SSSR count). The molecule has 0 N–H and O–H groups in total. The Labute approximate surface area is 376 Å². The summed E-state index contributed by atoms with van der Waals surface area (Å²) in [5.74, 6) is 0.963. The Bertz CT molecular complexity index is 3430. The summed E-state index contributed by atoms with van der Waals surface area (Å²) in [6.07, 6.45) is 0. The summed E-state index contributed by atoms with van der Waals surface area (Å²) in [5.41, 5.74) is 16.6. The highest BCUT2D eigenvalue weighted by Crippen LogP contribution is 2.58. The molecule has 0 fully saturated rings. The van der Waals surface area contributed by atoms with Gasteiger partial charge in [0.1, 0.15) is 0 Å². The predicted molar refractivity (Wildman–Crippen MR) is 261 cm³/mol.